The average molecular weight is 203 g/mol. The molecular weight excluding hydrogens is 174 g/mol. The second kappa shape index (κ2) is 8.21. The maximum atomic E-state index is 5.49. The Kier molecular flexibility index (Phi) is 9.57. The van der Waals surface area contributed by atoms with Gasteiger partial charge in [0.05, 0.1) is 0 Å². The Labute approximate surface area is 89.4 Å². The van der Waals surface area contributed by atoms with Crippen LogP contribution in [0.25, 0.3) is 0 Å². The average Bonchev–Trinajstić information content (AvgIpc) is 2.03. The van der Waals surface area contributed by atoms with Crippen LogP contribution in [-0.2, 0) is 0 Å². The van der Waals surface area contributed by atoms with E-state index in [9.17, 15) is 0 Å². The van der Waals surface area contributed by atoms with Crippen LogP contribution in [0.1, 0.15) is 41.0 Å². The van der Waals surface area contributed by atoms with Crippen LogP contribution in [0.3, 0.4) is 0 Å². The zero-order valence-electron chi connectivity index (χ0n) is 10.5. The number of hydrogen-bond acceptors (Lipinski definition) is 3. The van der Waals surface area contributed by atoms with Crippen LogP contribution in [0.2, 0.25) is 0 Å². The van der Waals surface area contributed by atoms with Gasteiger partial charge in [0.1, 0.15) is 0 Å². The molecule has 0 saturated carbocycles. The van der Waals surface area contributed by atoms with E-state index >= 15 is 0 Å². The fraction of sp³-hybridized carbons (Fsp3) is 1.00. The van der Waals surface area contributed by atoms with Crippen LogP contribution in [0.4, 0.5) is 0 Å². The molecule has 0 bridgehead atoms. The third-order valence-electron chi connectivity index (χ3n) is 1.95. The van der Waals surface area contributed by atoms with Gasteiger partial charge in [-0.15, -0.1) is 0 Å². The summed E-state index contributed by atoms with van der Waals surface area (Å²) in [5.41, 5.74) is 16.3. The molecule has 0 aromatic carbocycles. The summed E-state index contributed by atoms with van der Waals surface area (Å²) in [6.45, 7) is 11.8. The third-order valence-corrected chi connectivity index (χ3v) is 1.95. The number of nitrogens with two attached hydrogens (primary N) is 3. The molecule has 0 aromatic heterocycles. The molecule has 14 heavy (non-hydrogen) atoms. The van der Waals surface area contributed by atoms with Gasteiger partial charge in [0.15, 0.2) is 0 Å². The lowest BCUT2D eigenvalue weighted by atomic mass is 9.95. The zero-order chi connectivity index (χ0) is 11.8. The third kappa shape index (κ3) is 14.4. The van der Waals surface area contributed by atoms with Crippen molar-refractivity contribution in [3.05, 3.63) is 0 Å². The maximum absolute atomic E-state index is 5.49. The maximum Gasteiger partial charge on any atom is 0.00129 e. The molecule has 0 radical (unpaired) electrons. The molecule has 3 heteroatoms. The highest BCUT2D eigenvalue weighted by atomic mass is 14.6. The minimum atomic E-state index is 0.139. The Hall–Kier alpha value is -0.120. The molecule has 0 aliphatic carbocycles. The van der Waals surface area contributed by atoms with Crippen LogP contribution in [0.5, 0.6) is 0 Å². The SMILES string of the molecule is CC(C)(CN)CN.CC(C)CC(C)N. The van der Waals surface area contributed by atoms with Gasteiger partial charge in [-0.1, -0.05) is 27.7 Å². The first-order valence-electron chi connectivity index (χ1n) is 5.41. The smallest absolute Gasteiger partial charge is 0.00129 e. The molecule has 0 saturated heterocycles. The monoisotopic (exact) mass is 203 g/mol. The molecule has 0 aliphatic heterocycles. The second-order valence-electron chi connectivity index (χ2n) is 5.18. The van der Waals surface area contributed by atoms with E-state index in [4.69, 9.17) is 17.2 Å². The van der Waals surface area contributed by atoms with Crippen LogP contribution in [-0.4, -0.2) is 19.1 Å². The van der Waals surface area contributed by atoms with Gasteiger partial charge in [0.25, 0.3) is 0 Å². The minimum Gasteiger partial charge on any atom is -0.330 e. The molecule has 88 valence electrons. The van der Waals surface area contributed by atoms with Crippen molar-refractivity contribution in [3.8, 4) is 0 Å². The standard InChI is InChI=1S/C6H15N.C5H14N2/c1-5(2)4-6(3)7;1-5(2,3-6)4-7/h5-6H,4,7H2,1-3H3;3-4,6-7H2,1-2H3. The van der Waals surface area contributed by atoms with Crippen LogP contribution in [0, 0.1) is 11.3 Å². The molecule has 0 heterocycles. The van der Waals surface area contributed by atoms with E-state index < -0.39 is 0 Å². The van der Waals surface area contributed by atoms with Gasteiger partial charge in [0, 0.05) is 6.04 Å². The zero-order valence-corrected chi connectivity index (χ0v) is 10.5. The van der Waals surface area contributed by atoms with Crippen molar-refractivity contribution in [2.24, 2.45) is 28.5 Å². The fourth-order valence-corrected chi connectivity index (χ4v) is 0.827. The van der Waals surface area contributed by atoms with Crippen molar-refractivity contribution in [2.45, 2.75) is 47.1 Å². The van der Waals surface area contributed by atoms with E-state index in [0.717, 1.165) is 12.3 Å². The lowest BCUT2D eigenvalue weighted by molar-refractivity contribution is 0.393. The molecule has 0 spiro atoms. The van der Waals surface area contributed by atoms with Crippen LogP contribution in [0.15, 0.2) is 0 Å². The quantitative estimate of drug-likeness (QED) is 0.644. The largest absolute Gasteiger partial charge is 0.330 e. The Morgan fingerprint density at radius 2 is 1.36 bits per heavy atom. The van der Waals surface area contributed by atoms with Crippen molar-refractivity contribution in [3.63, 3.8) is 0 Å². The summed E-state index contributed by atoms with van der Waals surface area (Å²) < 4.78 is 0. The predicted molar refractivity (Wildman–Crippen MR) is 65.0 cm³/mol. The van der Waals surface area contributed by atoms with Gasteiger partial charge in [-0.3, -0.25) is 0 Å². The highest BCUT2D eigenvalue weighted by Gasteiger charge is 2.10. The summed E-state index contributed by atoms with van der Waals surface area (Å²) in [5, 5.41) is 0. The van der Waals surface area contributed by atoms with E-state index in [1.807, 2.05) is 20.8 Å². The Morgan fingerprint density at radius 1 is 1.00 bits per heavy atom. The van der Waals surface area contributed by atoms with E-state index in [1.54, 1.807) is 0 Å². The molecule has 1 atom stereocenters. The van der Waals surface area contributed by atoms with Gasteiger partial charge >= 0.3 is 0 Å². The molecule has 3 nitrogen and oxygen atoms in total. The number of rotatable bonds is 4. The number of hydrogen-bond donors (Lipinski definition) is 3. The Bertz CT molecular complexity index is 108. The van der Waals surface area contributed by atoms with Crippen molar-refractivity contribution >= 4 is 0 Å². The van der Waals surface area contributed by atoms with Crippen molar-refractivity contribution in [1.29, 1.82) is 0 Å². The fourth-order valence-electron chi connectivity index (χ4n) is 0.827. The molecule has 0 rings (SSSR count). The summed E-state index contributed by atoms with van der Waals surface area (Å²) in [6, 6.07) is 0.375. The molecule has 0 aromatic rings. The van der Waals surface area contributed by atoms with Crippen molar-refractivity contribution in [2.75, 3.05) is 13.1 Å². The van der Waals surface area contributed by atoms with Crippen LogP contribution >= 0.6 is 0 Å². The van der Waals surface area contributed by atoms with Gasteiger partial charge in [-0.25, -0.2) is 0 Å². The molecule has 0 amide bonds. The summed E-state index contributed by atoms with van der Waals surface area (Å²) in [5.74, 6) is 0.750. The van der Waals surface area contributed by atoms with Crippen molar-refractivity contribution in [1.82, 2.24) is 0 Å². The van der Waals surface area contributed by atoms with E-state index in [0.29, 0.717) is 19.1 Å². The van der Waals surface area contributed by atoms with Crippen molar-refractivity contribution < 1.29 is 0 Å². The molecular formula is C11H29N3. The summed E-state index contributed by atoms with van der Waals surface area (Å²) in [7, 11) is 0. The summed E-state index contributed by atoms with van der Waals surface area (Å²) in [6.07, 6.45) is 1.14. The molecule has 0 aliphatic rings. The lowest BCUT2D eigenvalue weighted by Crippen LogP contribution is -2.31. The molecule has 1 unspecified atom stereocenters. The lowest BCUT2D eigenvalue weighted by Gasteiger charge is -2.18. The topological polar surface area (TPSA) is 78.1 Å². The highest BCUT2D eigenvalue weighted by Crippen LogP contribution is 2.07. The first-order chi connectivity index (χ1) is 6.25. The van der Waals surface area contributed by atoms with Gasteiger partial charge in [-0.2, -0.15) is 0 Å². The first kappa shape index (κ1) is 16.3. The normalized spacial score (nSPS) is 13.5. The van der Waals surface area contributed by atoms with E-state index in [2.05, 4.69) is 13.8 Å². The highest BCUT2D eigenvalue weighted by molar-refractivity contribution is 4.68. The van der Waals surface area contributed by atoms with E-state index in [1.165, 1.54) is 0 Å². The van der Waals surface area contributed by atoms with Gasteiger partial charge in [0.2, 0.25) is 0 Å². The molecule has 6 N–H and O–H groups in total. The summed E-state index contributed by atoms with van der Waals surface area (Å²) in [4.78, 5) is 0. The first-order valence-corrected chi connectivity index (χ1v) is 5.41. The van der Waals surface area contributed by atoms with E-state index in [-0.39, 0.29) is 5.41 Å². The Morgan fingerprint density at radius 3 is 1.36 bits per heavy atom. The second-order valence-corrected chi connectivity index (χ2v) is 5.18. The minimum absolute atomic E-state index is 0.139. The van der Waals surface area contributed by atoms with Gasteiger partial charge < -0.3 is 17.2 Å². The van der Waals surface area contributed by atoms with Crippen LogP contribution < -0.4 is 17.2 Å². The summed E-state index contributed by atoms with van der Waals surface area (Å²) >= 11 is 0. The predicted octanol–water partition coefficient (Wildman–Crippen LogP) is 1.31. The molecule has 0 fully saturated rings. The Balaban J connectivity index is 0. The van der Waals surface area contributed by atoms with Gasteiger partial charge in [-0.05, 0) is 37.8 Å².